The zero-order valence-corrected chi connectivity index (χ0v) is 13.7. The fourth-order valence-electron chi connectivity index (χ4n) is 2.54. The summed E-state index contributed by atoms with van der Waals surface area (Å²) in [5, 5.41) is 9.30. The van der Waals surface area contributed by atoms with E-state index in [1.807, 2.05) is 13.8 Å². The Morgan fingerprint density at radius 1 is 1.52 bits per heavy atom. The minimum Gasteiger partial charge on any atom is -0.348 e. The van der Waals surface area contributed by atoms with Crippen molar-refractivity contribution < 1.29 is 13.2 Å². The number of rotatable bonds is 6. The number of carbonyl (C=O) groups is 1. The van der Waals surface area contributed by atoms with E-state index in [4.69, 9.17) is 10.7 Å². The van der Waals surface area contributed by atoms with Gasteiger partial charge in [-0.15, -0.1) is 0 Å². The van der Waals surface area contributed by atoms with Gasteiger partial charge in [-0.05, 0) is 32.1 Å². The first kappa shape index (κ1) is 16.3. The predicted molar refractivity (Wildman–Crippen MR) is 79.9 cm³/mol. The van der Waals surface area contributed by atoms with Gasteiger partial charge in [0.1, 0.15) is 4.90 Å². The molecular weight excluding hydrogens is 314 g/mol. The van der Waals surface area contributed by atoms with Crippen molar-refractivity contribution in [2.45, 2.75) is 56.9 Å². The van der Waals surface area contributed by atoms with Crippen LogP contribution in [0.2, 0.25) is 0 Å². The molecule has 0 aromatic carbocycles. The van der Waals surface area contributed by atoms with Gasteiger partial charge < -0.3 is 5.32 Å². The highest BCUT2D eigenvalue weighted by Crippen LogP contribution is 2.30. The first-order valence-electron chi connectivity index (χ1n) is 7.17. The van der Waals surface area contributed by atoms with Crippen LogP contribution >= 0.6 is 10.7 Å². The molecule has 0 spiro atoms. The summed E-state index contributed by atoms with van der Waals surface area (Å²) < 4.78 is 23.5. The molecule has 1 aromatic rings. The number of halogens is 1. The maximum atomic E-state index is 12.3. The van der Waals surface area contributed by atoms with Crippen molar-refractivity contribution in [3.63, 3.8) is 0 Å². The van der Waals surface area contributed by atoms with E-state index in [1.54, 1.807) is 0 Å². The van der Waals surface area contributed by atoms with Crippen LogP contribution in [0, 0.1) is 5.92 Å². The molecule has 1 aromatic heterocycles. The number of carbonyl (C=O) groups excluding carboxylic acids is 1. The van der Waals surface area contributed by atoms with E-state index in [1.165, 1.54) is 6.42 Å². The van der Waals surface area contributed by atoms with Crippen LogP contribution in [-0.2, 0) is 15.5 Å². The Kier molecular flexibility index (Phi) is 4.93. The van der Waals surface area contributed by atoms with E-state index < -0.39 is 15.0 Å². The number of aromatic amines is 1. The van der Waals surface area contributed by atoms with Crippen molar-refractivity contribution in [2.24, 2.45) is 5.92 Å². The van der Waals surface area contributed by atoms with Gasteiger partial charge >= 0.3 is 0 Å². The molecule has 0 aliphatic heterocycles. The van der Waals surface area contributed by atoms with Crippen molar-refractivity contribution >= 4 is 25.6 Å². The molecule has 0 bridgehead atoms. The number of amides is 1. The average molecular weight is 334 g/mol. The second-order valence-corrected chi connectivity index (χ2v) is 8.02. The second-order valence-electron chi connectivity index (χ2n) is 5.52. The van der Waals surface area contributed by atoms with Gasteiger partial charge in [-0.25, -0.2) is 8.42 Å². The Morgan fingerprint density at radius 2 is 2.19 bits per heavy atom. The van der Waals surface area contributed by atoms with Crippen LogP contribution in [0.5, 0.6) is 0 Å². The Hall–Kier alpha value is -1.08. The molecule has 1 heterocycles. The average Bonchev–Trinajstić information content (AvgIpc) is 2.70. The minimum atomic E-state index is -4.02. The van der Waals surface area contributed by atoms with E-state index in [-0.39, 0.29) is 16.6 Å². The maximum Gasteiger partial charge on any atom is 0.273 e. The molecule has 1 fully saturated rings. The van der Waals surface area contributed by atoms with Gasteiger partial charge in [-0.3, -0.25) is 9.89 Å². The van der Waals surface area contributed by atoms with Gasteiger partial charge in [0.2, 0.25) is 0 Å². The van der Waals surface area contributed by atoms with Crippen molar-refractivity contribution in [3.8, 4) is 0 Å². The monoisotopic (exact) mass is 333 g/mol. The number of aryl methyl sites for hydroxylation is 1. The summed E-state index contributed by atoms with van der Waals surface area (Å²) in [6.07, 6.45) is 4.55. The van der Waals surface area contributed by atoms with E-state index in [0.717, 1.165) is 19.3 Å². The third kappa shape index (κ3) is 3.58. The summed E-state index contributed by atoms with van der Waals surface area (Å²) in [6, 6.07) is 0.00320. The molecule has 8 heteroatoms. The lowest BCUT2D eigenvalue weighted by Gasteiger charge is -2.31. The fraction of sp³-hybridized carbons (Fsp3) is 0.692. The molecule has 2 rings (SSSR count). The minimum absolute atomic E-state index is 0.00320. The maximum absolute atomic E-state index is 12.3. The molecule has 0 saturated heterocycles. The van der Waals surface area contributed by atoms with Crippen molar-refractivity contribution in [2.75, 3.05) is 0 Å². The Morgan fingerprint density at radius 3 is 2.67 bits per heavy atom. The molecule has 118 valence electrons. The molecule has 1 amide bonds. The summed E-state index contributed by atoms with van der Waals surface area (Å²) in [4.78, 5) is 12.1. The lowest BCUT2D eigenvalue weighted by atomic mass is 9.80. The summed E-state index contributed by atoms with van der Waals surface area (Å²) in [7, 11) is 1.44. The smallest absolute Gasteiger partial charge is 0.273 e. The number of nitrogens with zero attached hydrogens (tertiary/aromatic N) is 1. The van der Waals surface area contributed by atoms with Crippen molar-refractivity contribution in [1.29, 1.82) is 0 Å². The molecule has 2 N–H and O–H groups in total. The molecule has 6 nitrogen and oxygen atoms in total. The summed E-state index contributed by atoms with van der Waals surface area (Å²) >= 11 is 0. The van der Waals surface area contributed by atoms with E-state index >= 15 is 0 Å². The van der Waals surface area contributed by atoms with Gasteiger partial charge in [0.05, 0.1) is 5.69 Å². The Bertz CT molecular complexity index is 623. The zero-order chi connectivity index (χ0) is 15.6. The number of hydrogen-bond acceptors (Lipinski definition) is 4. The SMILES string of the molecule is CCCc1[nH]nc(C(=O)NC(C)C2CCC2)c1S(=O)(=O)Cl. The van der Waals surface area contributed by atoms with Crippen LogP contribution < -0.4 is 5.32 Å². The molecule has 1 aliphatic rings. The molecule has 1 saturated carbocycles. The molecule has 0 radical (unpaired) electrons. The number of hydrogen-bond donors (Lipinski definition) is 2. The van der Waals surface area contributed by atoms with Crippen molar-refractivity contribution in [3.05, 3.63) is 11.4 Å². The highest BCUT2D eigenvalue weighted by molar-refractivity contribution is 8.13. The normalized spacial score (nSPS) is 17.3. The van der Waals surface area contributed by atoms with Crippen LogP contribution in [0.4, 0.5) is 0 Å². The highest BCUT2D eigenvalue weighted by atomic mass is 35.7. The first-order valence-corrected chi connectivity index (χ1v) is 9.48. The van der Waals surface area contributed by atoms with E-state index in [2.05, 4.69) is 15.5 Å². The Labute approximate surface area is 129 Å². The standard InChI is InChI=1S/C13H20ClN3O3S/c1-3-5-10-12(21(14,19)20)11(17-16-10)13(18)15-8(2)9-6-4-7-9/h8-9H,3-7H2,1-2H3,(H,15,18)(H,16,17). The number of H-pyrrole nitrogens is 1. The predicted octanol–water partition coefficient (Wildman–Crippen LogP) is 2.21. The van der Waals surface area contributed by atoms with Crippen LogP contribution in [-0.4, -0.2) is 30.6 Å². The zero-order valence-electron chi connectivity index (χ0n) is 12.1. The topological polar surface area (TPSA) is 91.9 Å². The second kappa shape index (κ2) is 6.36. The molecule has 1 unspecified atom stereocenters. The third-order valence-electron chi connectivity index (χ3n) is 3.97. The summed E-state index contributed by atoms with van der Waals surface area (Å²) in [5.41, 5.74) is 0.244. The lowest BCUT2D eigenvalue weighted by Crippen LogP contribution is -2.41. The van der Waals surface area contributed by atoms with Crippen LogP contribution in [0.1, 0.15) is 55.7 Å². The Balaban J connectivity index is 2.24. The van der Waals surface area contributed by atoms with E-state index in [0.29, 0.717) is 18.0 Å². The van der Waals surface area contributed by atoms with Gasteiger partial charge in [-0.1, -0.05) is 19.8 Å². The summed E-state index contributed by atoms with van der Waals surface area (Å²) in [5.74, 6) is -0.0358. The highest BCUT2D eigenvalue weighted by Gasteiger charge is 2.31. The fourth-order valence-corrected chi connectivity index (χ4v) is 3.85. The summed E-state index contributed by atoms with van der Waals surface area (Å²) in [6.45, 7) is 3.83. The van der Waals surface area contributed by atoms with Crippen LogP contribution in [0.15, 0.2) is 4.90 Å². The molecule has 1 atom stereocenters. The lowest BCUT2D eigenvalue weighted by molar-refractivity contribution is 0.0901. The quantitative estimate of drug-likeness (QED) is 0.781. The van der Waals surface area contributed by atoms with Gasteiger partial charge in [0.15, 0.2) is 5.69 Å². The number of aromatic nitrogens is 2. The molecular formula is C13H20ClN3O3S. The van der Waals surface area contributed by atoms with Gasteiger partial charge in [0.25, 0.3) is 15.0 Å². The largest absolute Gasteiger partial charge is 0.348 e. The van der Waals surface area contributed by atoms with Crippen molar-refractivity contribution in [1.82, 2.24) is 15.5 Å². The van der Waals surface area contributed by atoms with Crippen LogP contribution in [0.3, 0.4) is 0 Å². The number of nitrogens with one attached hydrogen (secondary N) is 2. The van der Waals surface area contributed by atoms with E-state index in [9.17, 15) is 13.2 Å². The molecule has 21 heavy (non-hydrogen) atoms. The third-order valence-corrected chi connectivity index (χ3v) is 5.36. The molecule has 1 aliphatic carbocycles. The van der Waals surface area contributed by atoms with Crippen LogP contribution in [0.25, 0.3) is 0 Å². The van der Waals surface area contributed by atoms with Gasteiger partial charge in [-0.2, -0.15) is 5.10 Å². The first-order chi connectivity index (χ1) is 9.84. The van der Waals surface area contributed by atoms with Gasteiger partial charge in [0, 0.05) is 16.7 Å².